The summed E-state index contributed by atoms with van der Waals surface area (Å²) in [7, 11) is 0. The zero-order valence-electron chi connectivity index (χ0n) is 12.7. The van der Waals surface area contributed by atoms with Gasteiger partial charge in [-0.3, -0.25) is 0 Å². The maximum absolute atomic E-state index is 5.42. The van der Waals surface area contributed by atoms with Crippen LogP contribution in [-0.2, 0) is 12.8 Å². The van der Waals surface area contributed by atoms with E-state index in [4.69, 9.17) is 4.42 Å². The van der Waals surface area contributed by atoms with Crippen LogP contribution in [0.4, 0.5) is 0 Å². The molecule has 0 saturated carbocycles. The van der Waals surface area contributed by atoms with Crippen molar-refractivity contribution in [2.75, 3.05) is 0 Å². The number of benzene rings is 1. The average molecular weight is 271 g/mol. The summed E-state index contributed by atoms with van der Waals surface area (Å²) in [5, 5.41) is 3.70. The highest BCUT2D eigenvalue weighted by atomic mass is 16.3. The van der Waals surface area contributed by atoms with Gasteiger partial charge >= 0.3 is 0 Å². The number of nitrogens with one attached hydrogen (secondary N) is 1. The molecule has 0 spiro atoms. The van der Waals surface area contributed by atoms with Gasteiger partial charge in [-0.2, -0.15) is 0 Å². The molecule has 2 aromatic rings. The molecule has 0 bridgehead atoms. The third-order valence-electron chi connectivity index (χ3n) is 3.77. The lowest BCUT2D eigenvalue weighted by Crippen LogP contribution is -2.31. The van der Waals surface area contributed by atoms with Crippen LogP contribution in [0.3, 0.4) is 0 Å². The van der Waals surface area contributed by atoms with Crippen LogP contribution in [0.25, 0.3) is 0 Å². The molecule has 0 amide bonds. The fraction of sp³-hybridized carbons (Fsp3) is 0.444. The van der Waals surface area contributed by atoms with Crippen molar-refractivity contribution in [2.45, 2.75) is 52.1 Å². The third kappa shape index (κ3) is 3.97. The van der Waals surface area contributed by atoms with E-state index < -0.39 is 0 Å². The summed E-state index contributed by atoms with van der Waals surface area (Å²) in [5.74, 6) is 1.04. The van der Waals surface area contributed by atoms with Crippen molar-refractivity contribution in [2.24, 2.45) is 0 Å². The highest BCUT2D eigenvalue weighted by molar-refractivity contribution is 5.25. The largest absolute Gasteiger partial charge is 0.469 e. The van der Waals surface area contributed by atoms with Gasteiger partial charge in [-0.1, -0.05) is 38.1 Å². The van der Waals surface area contributed by atoms with Crippen LogP contribution in [-0.4, -0.2) is 6.04 Å². The van der Waals surface area contributed by atoms with E-state index in [9.17, 15) is 0 Å². The van der Waals surface area contributed by atoms with E-state index in [1.165, 1.54) is 11.1 Å². The van der Waals surface area contributed by atoms with E-state index in [0.717, 1.165) is 25.0 Å². The van der Waals surface area contributed by atoms with E-state index in [1.807, 2.05) is 12.1 Å². The highest BCUT2D eigenvalue weighted by Gasteiger charge is 2.13. The molecule has 1 N–H and O–H groups in total. The molecule has 0 aliphatic carbocycles. The molecule has 1 heterocycles. The lowest BCUT2D eigenvalue weighted by molar-refractivity contribution is 0.410. The SMILES string of the molecule is CCc1ccc(C(CC)NC(C)Cc2ccco2)cc1. The van der Waals surface area contributed by atoms with E-state index in [2.05, 4.69) is 50.4 Å². The number of hydrogen-bond donors (Lipinski definition) is 1. The number of rotatable bonds is 7. The Morgan fingerprint density at radius 1 is 1.10 bits per heavy atom. The standard InChI is InChI=1S/C18H25NO/c1-4-15-8-10-16(11-9-15)18(5-2)19-14(3)13-17-7-6-12-20-17/h6-12,14,18-19H,4-5,13H2,1-3H3. The molecule has 1 aromatic heterocycles. The minimum Gasteiger partial charge on any atom is -0.469 e. The second-order valence-corrected chi connectivity index (χ2v) is 5.41. The van der Waals surface area contributed by atoms with Gasteiger partial charge < -0.3 is 9.73 Å². The molecule has 1 aromatic carbocycles. The fourth-order valence-corrected chi connectivity index (χ4v) is 2.57. The average Bonchev–Trinajstić information content (AvgIpc) is 2.97. The number of hydrogen-bond acceptors (Lipinski definition) is 2. The smallest absolute Gasteiger partial charge is 0.105 e. The van der Waals surface area contributed by atoms with Crippen LogP contribution in [0, 0.1) is 0 Å². The number of aryl methyl sites for hydroxylation is 1. The molecule has 0 saturated heterocycles. The van der Waals surface area contributed by atoms with Crippen LogP contribution in [0.5, 0.6) is 0 Å². The molecule has 2 atom stereocenters. The molecule has 20 heavy (non-hydrogen) atoms. The third-order valence-corrected chi connectivity index (χ3v) is 3.77. The summed E-state index contributed by atoms with van der Waals surface area (Å²) < 4.78 is 5.42. The van der Waals surface area contributed by atoms with Crippen LogP contribution < -0.4 is 5.32 Å². The molecule has 0 fully saturated rings. The summed E-state index contributed by atoms with van der Waals surface area (Å²) in [6.07, 6.45) is 4.85. The van der Waals surface area contributed by atoms with Gasteiger partial charge in [0, 0.05) is 18.5 Å². The van der Waals surface area contributed by atoms with Crippen molar-refractivity contribution in [1.29, 1.82) is 0 Å². The Bertz CT molecular complexity index is 487. The molecule has 0 aliphatic rings. The Morgan fingerprint density at radius 3 is 2.40 bits per heavy atom. The molecule has 2 rings (SSSR count). The van der Waals surface area contributed by atoms with Gasteiger partial charge in [0.2, 0.25) is 0 Å². The van der Waals surface area contributed by atoms with Crippen LogP contribution >= 0.6 is 0 Å². The maximum Gasteiger partial charge on any atom is 0.105 e. The van der Waals surface area contributed by atoms with Gasteiger partial charge in [0.25, 0.3) is 0 Å². The van der Waals surface area contributed by atoms with E-state index >= 15 is 0 Å². The Kier molecular flexibility index (Phi) is 5.42. The Morgan fingerprint density at radius 2 is 1.85 bits per heavy atom. The predicted molar refractivity (Wildman–Crippen MR) is 83.9 cm³/mol. The van der Waals surface area contributed by atoms with Gasteiger partial charge in [-0.05, 0) is 43.0 Å². The van der Waals surface area contributed by atoms with Crippen LogP contribution in [0.1, 0.15) is 50.1 Å². The summed E-state index contributed by atoms with van der Waals surface area (Å²) >= 11 is 0. The lowest BCUT2D eigenvalue weighted by atomic mass is 10.0. The first-order valence-corrected chi connectivity index (χ1v) is 7.60. The minimum absolute atomic E-state index is 0.400. The summed E-state index contributed by atoms with van der Waals surface area (Å²) in [4.78, 5) is 0. The van der Waals surface area contributed by atoms with E-state index in [1.54, 1.807) is 6.26 Å². The van der Waals surface area contributed by atoms with Gasteiger partial charge in [0.05, 0.1) is 6.26 Å². The highest BCUT2D eigenvalue weighted by Crippen LogP contribution is 2.19. The fourth-order valence-electron chi connectivity index (χ4n) is 2.57. The zero-order valence-corrected chi connectivity index (χ0v) is 12.7. The van der Waals surface area contributed by atoms with Crippen LogP contribution in [0.15, 0.2) is 47.1 Å². The minimum atomic E-state index is 0.400. The molecular weight excluding hydrogens is 246 g/mol. The summed E-state index contributed by atoms with van der Waals surface area (Å²) in [6.45, 7) is 6.63. The second kappa shape index (κ2) is 7.30. The van der Waals surface area contributed by atoms with E-state index in [0.29, 0.717) is 12.1 Å². The molecule has 0 aliphatic heterocycles. The molecule has 0 radical (unpaired) electrons. The first-order valence-electron chi connectivity index (χ1n) is 7.60. The summed E-state index contributed by atoms with van der Waals surface area (Å²) in [5.41, 5.74) is 2.77. The molecule has 2 heteroatoms. The first-order chi connectivity index (χ1) is 9.72. The monoisotopic (exact) mass is 271 g/mol. The number of furan rings is 1. The Hall–Kier alpha value is -1.54. The predicted octanol–water partition coefficient (Wildman–Crippen LogP) is 4.51. The maximum atomic E-state index is 5.42. The van der Waals surface area contributed by atoms with Crippen molar-refractivity contribution in [3.05, 3.63) is 59.5 Å². The Labute approximate surface area is 122 Å². The normalized spacial score (nSPS) is 14.2. The van der Waals surface area contributed by atoms with Crippen molar-refractivity contribution in [3.63, 3.8) is 0 Å². The van der Waals surface area contributed by atoms with Gasteiger partial charge in [0.15, 0.2) is 0 Å². The van der Waals surface area contributed by atoms with Gasteiger partial charge in [-0.15, -0.1) is 0 Å². The lowest BCUT2D eigenvalue weighted by Gasteiger charge is -2.22. The quantitative estimate of drug-likeness (QED) is 0.801. The molecule has 2 unspecified atom stereocenters. The first kappa shape index (κ1) is 14.9. The molecular formula is C18H25NO. The second-order valence-electron chi connectivity index (χ2n) is 5.41. The van der Waals surface area contributed by atoms with Crippen molar-refractivity contribution < 1.29 is 4.42 Å². The topological polar surface area (TPSA) is 25.2 Å². The van der Waals surface area contributed by atoms with Gasteiger partial charge in [0.1, 0.15) is 5.76 Å². The molecule has 2 nitrogen and oxygen atoms in total. The molecule has 108 valence electrons. The van der Waals surface area contributed by atoms with Crippen molar-refractivity contribution in [3.8, 4) is 0 Å². The van der Waals surface area contributed by atoms with Crippen molar-refractivity contribution in [1.82, 2.24) is 5.32 Å². The van der Waals surface area contributed by atoms with Crippen molar-refractivity contribution >= 4 is 0 Å². The van der Waals surface area contributed by atoms with Crippen LogP contribution in [0.2, 0.25) is 0 Å². The Balaban J connectivity index is 1.96. The summed E-state index contributed by atoms with van der Waals surface area (Å²) in [6, 6.07) is 13.8. The van der Waals surface area contributed by atoms with Gasteiger partial charge in [-0.25, -0.2) is 0 Å². The van der Waals surface area contributed by atoms with E-state index in [-0.39, 0.29) is 0 Å². The zero-order chi connectivity index (χ0) is 14.4.